The molecule has 0 saturated carbocycles. The summed E-state index contributed by atoms with van der Waals surface area (Å²) in [5.41, 5.74) is 4.12. The average Bonchev–Trinajstić information content (AvgIpc) is 2.75. The van der Waals surface area contributed by atoms with Crippen molar-refractivity contribution in [2.24, 2.45) is 0 Å². The lowest BCUT2D eigenvalue weighted by Gasteiger charge is -2.06. The van der Waals surface area contributed by atoms with E-state index in [1.165, 1.54) is 5.56 Å². The third-order valence-electron chi connectivity index (χ3n) is 3.56. The predicted octanol–water partition coefficient (Wildman–Crippen LogP) is 4.49. The maximum absolute atomic E-state index is 10.5. The third-order valence-corrected chi connectivity index (χ3v) is 3.56. The summed E-state index contributed by atoms with van der Waals surface area (Å²) >= 11 is 0. The fraction of sp³-hybridized carbons (Fsp3) is 0.471. The van der Waals surface area contributed by atoms with Crippen LogP contribution in [0.15, 0.2) is 24.3 Å². The molecule has 0 aliphatic rings. The molecule has 108 valence electrons. The molecule has 2 rings (SSSR count). The van der Waals surface area contributed by atoms with Crippen LogP contribution >= 0.6 is 0 Å². The summed E-state index contributed by atoms with van der Waals surface area (Å²) in [6.45, 7) is 9.21. The zero-order valence-corrected chi connectivity index (χ0v) is 12.8. The summed E-state index contributed by atoms with van der Waals surface area (Å²) in [6.07, 6.45) is 2.12. The normalized spacial score (nSPS) is 11.2. The first kappa shape index (κ1) is 14.6. The van der Waals surface area contributed by atoms with E-state index in [4.69, 9.17) is 0 Å². The van der Waals surface area contributed by atoms with E-state index in [0.717, 1.165) is 36.2 Å². The molecule has 1 aromatic carbocycles. The molecular weight excluding hydrogens is 248 g/mol. The topological polar surface area (TPSA) is 38.0 Å². The zero-order chi connectivity index (χ0) is 14.7. The maximum atomic E-state index is 10.5. The van der Waals surface area contributed by atoms with Gasteiger partial charge in [0.05, 0.1) is 11.3 Å². The maximum Gasteiger partial charge on any atom is 0.217 e. The van der Waals surface area contributed by atoms with Crippen molar-refractivity contribution in [1.29, 1.82) is 0 Å². The van der Waals surface area contributed by atoms with Gasteiger partial charge in [0.25, 0.3) is 0 Å². The Balaban J connectivity index is 2.49. The van der Waals surface area contributed by atoms with Crippen LogP contribution in [0.3, 0.4) is 0 Å². The number of aryl methyl sites for hydroxylation is 2. The molecule has 2 aromatic rings. The van der Waals surface area contributed by atoms with Crippen molar-refractivity contribution >= 4 is 0 Å². The number of aromatic hydroxyl groups is 1. The highest BCUT2D eigenvalue weighted by molar-refractivity contribution is 5.72. The average molecular weight is 272 g/mol. The Morgan fingerprint density at radius 1 is 1.20 bits per heavy atom. The van der Waals surface area contributed by atoms with Gasteiger partial charge in [0.15, 0.2) is 0 Å². The molecule has 0 atom stereocenters. The van der Waals surface area contributed by atoms with Gasteiger partial charge in [-0.1, -0.05) is 57.0 Å². The number of hydrogen-bond acceptors (Lipinski definition) is 2. The fourth-order valence-electron chi connectivity index (χ4n) is 2.34. The summed E-state index contributed by atoms with van der Waals surface area (Å²) < 4.78 is 1.74. The molecule has 0 unspecified atom stereocenters. The molecule has 0 bridgehead atoms. The number of hydrogen-bond donors (Lipinski definition) is 1. The quantitative estimate of drug-likeness (QED) is 0.871. The number of benzene rings is 1. The van der Waals surface area contributed by atoms with Crippen LogP contribution < -0.4 is 0 Å². The summed E-state index contributed by atoms with van der Waals surface area (Å²) in [6, 6.07) is 8.26. The van der Waals surface area contributed by atoms with Gasteiger partial charge in [0, 0.05) is 6.54 Å². The van der Waals surface area contributed by atoms with E-state index in [1.54, 1.807) is 4.68 Å². The minimum atomic E-state index is 0.292. The molecule has 3 heteroatoms. The second-order valence-corrected chi connectivity index (χ2v) is 5.68. The Hall–Kier alpha value is -1.77. The highest BCUT2D eigenvalue weighted by Crippen LogP contribution is 2.36. The number of nitrogens with zero attached hydrogens (tertiary/aromatic N) is 2. The summed E-state index contributed by atoms with van der Waals surface area (Å²) in [5.74, 6) is 0.589. The Labute approximate surface area is 121 Å². The monoisotopic (exact) mass is 272 g/mol. The van der Waals surface area contributed by atoms with Gasteiger partial charge in [-0.3, -0.25) is 0 Å². The molecule has 1 N–H and O–H groups in total. The van der Waals surface area contributed by atoms with Gasteiger partial charge in [0.2, 0.25) is 5.88 Å². The van der Waals surface area contributed by atoms with Crippen LogP contribution in [0.4, 0.5) is 0 Å². The standard InChI is InChI=1S/C17H24N2O/c1-5-6-11-19-17(20)15(16(18-19)12(2)3)14-9-7-13(4)8-10-14/h7-10,12,20H,5-6,11H2,1-4H3. The van der Waals surface area contributed by atoms with E-state index in [2.05, 4.69) is 57.1 Å². The number of aromatic nitrogens is 2. The van der Waals surface area contributed by atoms with E-state index in [0.29, 0.717) is 11.8 Å². The minimum absolute atomic E-state index is 0.292. The molecule has 0 amide bonds. The SMILES string of the molecule is CCCCn1nc(C(C)C)c(-c2ccc(C)cc2)c1O. The van der Waals surface area contributed by atoms with Crippen LogP contribution in [-0.4, -0.2) is 14.9 Å². The lowest BCUT2D eigenvalue weighted by atomic mass is 9.99. The van der Waals surface area contributed by atoms with Gasteiger partial charge in [-0.15, -0.1) is 0 Å². The van der Waals surface area contributed by atoms with Crippen LogP contribution in [0.5, 0.6) is 5.88 Å². The van der Waals surface area contributed by atoms with Crippen LogP contribution in [0.1, 0.15) is 50.8 Å². The molecule has 1 heterocycles. The Bertz CT molecular complexity index is 567. The van der Waals surface area contributed by atoms with Crippen molar-refractivity contribution < 1.29 is 5.11 Å². The largest absolute Gasteiger partial charge is 0.493 e. The van der Waals surface area contributed by atoms with Crippen LogP contribution in [0.2, 0.25) is 0 Å². The fourth-order valence-corrected chi connectivity index (χ4v) is 2.34. The second-order valence-electron chi connectivity index (χ2n) is 5.68. The molecule has 3 nitrogen and oxygen atoms in total. The first-order valence-electron chi connectivity index (χ1n) is 7.41. The lowest BCUT2D eigenvalue weighted by Crippen LogP contribution is -2.00. The van der Waals surface area contributed by atoms with E-state index in [-0.39, 0.29) is 0 Å². The van der Waals surface area contributed by atoms with Crippen LogP contribution in [-0.2, 0) is 6.54 Å². The molecular formula is C17H24N2O. The summed E-state index contributed by atoms with van der Waals surface area (Å²) in [7, 11) is 0. The summed E-state index contributed by atoms with van der Waals surface area (Å²) in [4.78, 5) is 0. The van der Waals surface area contributed by atoms with Gasteiger partial charge in [-0.25, -0.2) is 4.68 Å². The molecule has 20 heavy (non-hydrogen) atoms. The molecule has 0 fully saturated rings. The molecule has 0 spiro atoms. The Kier molecular flexibility index (Phi) is 4.48. The van der Waals surface area contributed by atoms with Crippen molar-refractivity contribution in [2.45, 2.75) is 53.0 Å². The van der Waals surface area contributed by atoms with Crippen molar-refractivity contribution in [3.63, 3.8) is 0 Å². The van der Waals surface area contributed by atoms with Gasteiger partial charge in [-0.2, -0.15) is 5.10 Å². The van der Waals surface area contributed by atoms with E-state index in [1.807, 2.05) is 0 Å². The molecule has 0 aliphatic heterocycles. The first-order valence-corrected chi connectivity index (χ1v) is 7.41. The van der Waals surface area contributed by atoms with Crippen molar-refractivity contribution in [3.8, 4) is 17.0 Å². The Morgan fingerprint density at radius 3 is 2.40 bits per heavy atom. The van der Waals surface area contributed by atoms with Gasteiger partial charge in [0.1, 0.15) is 0 Å². The minimum Gasteiger partial charge on any atom is -0.493 e. The lowest BCUT2D eigenvalue weighted by molar-refractivity contribution is 0.394. The van der Waals surface area contributed by atoms with Gasteiger partial charge >= 0.3 is 0 Å². The predicted molar refractivity (Wildman–Crippen MR) is 83.1 cm³/mol. The highest BCUT2D eigenvalue weighted by Gasteiger charge is 2.20. The molecule has 1 aromatic heterocycles. The first-order chi connectivity index (χ1) is 9.54. The number of unbranched alkanes of at least 4 members (excludes halogenated alkanes) is 1. The van der Waals surface area contributed by atoms with Crippen molar-refractivity contribution in [3.05, 3.63) is 35.5 Å². The number of rotatable bonds is 5. The smallest absolute Gasteiger partial charge is 0.217 e. The van der Waals surface area contributed by atoms with Crippen molar-refractivity contribution in [2.75, 3.05) is 0 Å². The van der Waals surface area contributed by atoms with E-state index < -0.39 is 0 Å². The highest BCUT2D eigenvalue weighted by atomic mass is 16.3. The summed E-state index contributed by atoms with van der Waals surface area (Å²) in [5, 5.41) is 15.1. The van der Waals surface area contributed by atoms with Crippen LogP contribution in [0, 0.1) is 6.92 Å². The third kappa shape index (κ3) is 2.87. The molecule has 0 radical (unpaired) electrons. The molecule has 0 saturated heterocycles. The van der Waals surface area contributed by atoms with Gasteiger partial charge < -0.3 is 5.11 Å². The van der Waals surface area contributed by atoms with E-state index in [9.17, 15) is 5.11 Å². The van der Waals surface area contributed by atoms with E-state index >= 15 is 0 Å². The zero-order valence-electron chi connectivity index (χ0n) is 12.8. The second kappa shape index (κ2) is 6.12. The molecule has 0 aliphatic carbocycles. The van der Waals surface area contributed by atoms with Crippen molar-refractivity contribution in [1.82, 2.24) is 9.78 Å². The Morgan fingerprint density at radius 2 is 1.85 bits per heavy atom. The van der Waals surface area contributed by atoms with Gasteiger partial charge in [-0.05, 0) is 24.8 Å². The van der Waals surface area contributed by atoms with Crippen LogP contribution in [0.25, 0.3) is 11.1 Å².